The molecule has 0 bridgehead atoms. The van der Waals surface area contributed by atoms with Gasteiger partial charge in [0.05, 0.1) is 12.7 Å². The van der Waals surface area contributed by atoms with E-state index in [1.54, 1.807) is 0 Å². The fourth-order valence-electron chi connectivity index (χ4n) is 1.97. The van der Waals surface area contributed by atoms with E-state index >= 15 is 0 Å². The van der Waals surface area contributed by atoms with E-state index in [4.69, 9.17) is 4.74 Å². The number of rotatable bonds is 4. The summed E-state index contributed by atoms with van der Waals surface area (Å²) in [6, 6.07) is 3.14. The molecule has 98 valence electrons. The van der Waals surface area contributed by atoms with Crippen molar-refractivity contribution in [3.05, 3.63) is 35.4 Å². The van der Waals surface area contributed by atoms with Gasteiger partial charge in [-0.1, -0.05) is 0 Å². The molecule has 1 atom stereocenters. The van der Waals surface area contributed by atoms with Crippen molar-refractivity contribution >= 4 is 5.78 Å². The van der Waals surface area contributed by atoms with Crippen molar-refractivity contribution in [2.45, 2.75) is 18.9 Å². The van der Waals surface area contributed by atoms with Crippen LogP contribution < -0.4 is 5.32 Å². The Kier molecular flexibility index (Phi) is 4.38. The monoisotopic (exact) mass is 255 g/mol. The second-order valence-corrected chi connectivity index (χ2v) is 4.35. The maximum Gasteiger partial charge on any atom is 0.140 e. The zero-order valence-electron chi connectivity index (χ0n) is 9.92. The van der Waals surface area contributed by atoms with Gasteiger partial charge in [-0.2, -0.15) is 0 Å². The van der Waals surface area contributed by atoms with E-state index in [-0.39, 0.29) is 30.3 Å². The number of morpholine rings is 1. The molecule has 0 amide bonds. The number of benzene rings is 1. The van der Waals surface area contributed by atoms with E-state index in [1.165, 1.54) is 0 Å². The quantitative estimate of drug-likeness (QED) is 0.885. The van der Waals surface area contributed by atoms with E-state index in [0.29, 0.717) is 13.2 Å². The minimum atomic E-state index is -0.549. The average Bonchev–Trinajstić information content (AvgIpc) is 2.35. The van der Waals surface area contributed by atoms with E-state index in [0.717, 1.165) is 24.7 Å². The lowest BCUT2D eigenvalue weighted by Crippen LogP contribution is -2.39. The Morgan fingerprint density at radius 3 is 3.00 bits per heavy atom. The maximum absolute atomic E-state index is 13.3. The first-order chi connectivity index (χ1) is 8.65. The molecule has 3 nitrogen and oxygen atoms in total. The second-order valence-electron chi connectivity index (χ2n) is 4.35. The molecule has 0 aliphatic carbocycles. The highest BCUT2D eigenvalue weighted by atomic mass is 19.1. The molecule has 0 saturated carbocycles. The Bertz CT molecular complexity index is 431. The van der Waals surface area contributed by atoms with Crippen molar-refractivity contribution < 1.29 is 18.3 Å². The molecule has 0 aromatic heterocycles. The topological polar surface area (TPSA) is 38.3 Å². The molecule has 1 N–H and O–H groups in total. The van der Waals surface area contributed by atoms with Gasteiger partial charge in [0.2, 0.25) is 0 Å². The van der Waals surface area contributed by atoms with Gasteiger partial charge in [0.1, 0.15) is 17.4 Å². The highest BCUT2D eigenvalue weighted by molar-refractivity contribution is 5.81. The number of nitrogens with one attached hydrogen (secondary N) is 1. The predicted octanol–water partition coefficient (Wildman–Crippen LogP) is 1.45. The van der Waals surface area contributed by atoms with Crippen molar-refractivity contribution in [1.29, 1.82) is 0 Å². The van der Waals surface area contributed by atoms with Gasteiger partial charge in [-0.3, -0.25) is 4.79 Å². The van der Waals surface area contributed by atoms with E-state index in [9.17, 15) is 13.6 Å². The number of ketones is 1. The number of halogens is 2. The average molecular weight is 255 g/mol. The first-order valence-corrected chi connectivity index (χ1v) is 5.93. The lowest BCUT2D eigenvalue weighted by atomic mass is 10.0. The van der Waals surface area contributed by atoms with Crippen LogP contribution >= 0.6 is 0 Å². The van der Waals surface area contributed by atoms with Gasteiger partial charge in [0.25, 0.3) is 0 Å². The molecule has 18 heavy (non-hydrogen) atoms. The summed E-state index contributed by atoms with van der Waals surface area (Å²) >= 11 is 0. The minimum absolute atomic E-state index is 0.0938. The third-order valence-electron chi connectivity index (χ3n) is 2.86. The predicted molar refractivity (Wildman–Crippen MR) is 62.3 cm³/mol. The summed E-state index contributed by atoms with van der Waals surface area (Å²) in [7, 11) is 0. The number of carbonyl (C=O) groups is 1. The number of hydrogen-bond donors (Lipinski definition) is 1. The number of ether oxygens (including phenoxy) is 1. The van der Waals surface area contributed by atoms with Gasteiger partial charge < -0.3 is 10.1 Å². The summed E-state index contributed by atoms with van der Waals surface area (Å²) in [6.45, 7) is 1.98. The van der Waals surface area contributed by atoms with Crippen molar-refractivity contribution in [2.24, 2.45) is 0 Å². The van der Waals surface area contributed by atoms with Crippen molar-refractivity contribution in [3.63, 3.8) is 0 Å². The first-order valence-electron chi connectivity index (χ1n) is 5.93. The molecule has 1 saturated heterocycles. The Hall–Kier alpha value is -1.33. The molecule has 1 aromatic rings. The molecule has 1 aromatic carbocycles. The van der Waals surface area contributed by atoms with Crippen molar-refractivity contribution in [3.8, 4) is 0 Å². The van der Waals surface area contributed by atoms with Crippen LogP contribution in [0.3, 0.4) is 0 Å². The summed E-state index contributed by atoms with van der Waals surface area (Å²) in [5.41, 5.74) is 0.101. The lowest BCUT2D eigenvalue weighted by molar-refractivity contribution is -0.121. The molecular formula is C13H15F2NO2. The van der Waals surface area contributed by atoms with Crippen LogP contribution in [-0.2, 0) is 16.0 Å². The Morgan fingerprint density at radius 2 is 2.28 bits per heavy atom. The molecule has 0 radical (unpaired) electrons. The van der Waals surface area contributed by atoms with E-state index < -0.39 is 11.6 Å². The van der Waals surface area contributed by atoms with Crippen LogP contribution in [0.2, 0.25) is 0 Å². The minimum Gasteiger partial charge on any atom is -0.375 e. The van der Waals surface area contributed by atoms with Crippen LogP contribution in [0.25, 0.3) is 0 Å². The van der Waals surface area contributed by atoms with Gasteiger partial charge in [-0.15, -0.1) is 0 Å². The van der Waals surface area contributed by atoms with Crippen molar-refractivity contribution in [2.75, 3.05) is 19.7 Å². The molecule has 5 heteroatoms. The van der Waals surface area contributed by atoms with Gasteiger partial charge in [-0.05, 0) is 23.8 Å². The Morgan fingerprint density at radius 1 is 1.44 bits per heavy atom. The SMILES string of the molecule is O=C(Cc1cc(F)ccc1F)CC1CNCCO1. The van der Waals surface area contributed by atoms with Crippen LogP contribution in [0.4, 0.5) is 8.78 Å². The zero-order valence-corrected chi connectivity index (χ0v) is 9.92. The molecule has 2 rings (SSSR count). The highest BCUT2D eigenvalue weighted by Crippen LogP contribution is 2.12. The standard InChI is InChI=1S/C13H15F2NO2/c14-10-1-2-13(15)9(5-10)6-11(17)7-12-8-16-3-4-18-12/h1-2,5,12,16H,3-4,6-8H2. The Labute approximate surface area is 104 Å². The normalized spacial score (nSPS) is 19.8. The number of Topliss-reactive ketones (excluding diaryl/α,β-unsaturated/α-hetero) is 1. The molecule has 1 aliphatic heterocycles. The third-order valence-corrected chi connectivity index (χ3v) is 2.86. The van der Waals surface area contributed by atoms with Gasteiger partial charge >= 0.3 is 0 Å². The number of carbonyl (C=O) groups excluding carboxylic acids is 1. The number of hydrogen-bond acceptors (Lipinski definition) is 3. The second kappa shape index (κ2) is 6.02. The van der Waals surface area contributed by atoms with Gasteiger partial charge in [0, 0.05) is 25.9 Å². The molecule has 1 heterocycles. The largest absolute Gasteiger partial charge is 0.375 e. The van der Waals surface area contributed by atoms with E-state index in [2.05, 4.69) is 5.32 Å². The van der Waals surface area contributed by atoms with E-state index in [1.807, 2.05) is 0 Å². The summed E-state index contributed by atoms with van der Waals surface area (Å²) in [6.07, 6.45) is -0.0327. The highest BCUT2D eigenvalue weighted by Gasteiger charge is 2.18. The molecule has 0 spiro atoms. The van der Waals surface area contributed by atoms with Crippen LogP contribution in [0.15, 0.2) is 18.2 Å². The molecular weight excluding hydrogens is 240 g/mol. The smallest absolute Gasteiger partial charge is 0.140 e. The summed E-state index contributed by atoms with van der Waals surface area (Å²) in [4.78, 5) is 11.7. The van der Waals surface area contributed by atoms with Gasteiger partial charge in [-0.25, -0.2) is 8.78 Å². The maximum atomic E-state index is 13.3. The lowest BCUT2D eigenvalue weighted by Gasteiger charge is -2.22. The zero-order chi connectivity index (χ0) is 13.0. The van der Waals surface area contributed by atoms with Crippen LogP contribution in [-0.4, -0.2) is 31.6 Å². The van der Waals surface area contributed by atoms with Crippen LogP contribution in [0.1, 0.15) is 12.0 Å². The fraction of sp³-hybridized carbons (Fsp3) is 0.462. The Balaban J connectivity index is 1.92. The van der Waals surface area contributed by atoms with Crippen LogP contribution in [0.5, 0.6) is 0 Å². The summed E-state index contributed by atoms with van der Waals surface area (Å²) in [5.74, 6) is -1.23. The molecule has 1 aliphatic rings. The fourth-order valence-corrected chi connectivity index (χ4v) is 1.97. The third kappa shape index (κ3) is 3.58. The van der Waals surface area contributed by atoms with Gasteiger partial charge in [0.15, 0.2) is 0 Å². The molecule has 1 unspecified atom stereocenters. The first kappa shape index (κ1) is 13.1. The van der Waals surface area contributed by atoms with Crippen molar-refractivity contribution in [1.82, 2.24) is 5.32 Å². The molecule has 1 fully saturated rings. The van der Waals surface area contributed by atoms with Crippen LogP contribution in [0, 0.1) is 11.6 Å². The summed E-state index contributed by atoms with van der Waals surface area (Å²) in [5, 5.41) is 3.11. The summed E-state index contributed by atoms with van der Waals surface area (Å²) < 4.78 is 31.7.